The number of carbonyl (C=O) groups excluding carboxylic acids is 1. The van der Waals surface area contributed by atoms with E-state index in [1.165, 1.54) is 0 Å². The zero-order chi connectivity index (χ0) is 13.1. The number of nitrogens with one attached hydrogen (secondary N) is 1. The molecule has 2 rings (SSSR count). The molecule has 18 heavy (non-hydrogen) atoms. The van der Waals surface area contributed by atoms with Crippen molar-refractivity contribution in [2.45, 2.75) is 13.3 Å². The second-order valence-electron chi connectivity index (χ2n) is 3.12. The molecule has 0 bridgehead atoms. The maximum atomic E-state index is 11.9. The van der Waals surface area contributed by atoms with Crippen LogP contribution in [0.4, 0.5) is 10.1 Å². The quantitative estimate of drug-likeness (QED) is 0.676. The molecule has 0 aliphatic rings. The van der Waals surface area contributed by atoms with Crippen molar-refractivity contribution in [1.82, 2.24) is 14.6 Å². The van der Waals surface area contributed by atoms with Gasteiger partial charge in [0.25, 0.3) is 5.91 Å². The molecular weight excluding hydrogens is 278 g/mol. The predicted molar refractivity (Wildman–Crippen MR) is 66.0 cm³/mol. The molecule has 1 amide bonds. The summed E-state index contributed by atoms with van der Waals surface area (Å²) in [6.45, 7) is 1.86. The lowest BCUT2D eigenvalue weighted by atomic mass is 10.3. The van der Waals surface area contributed by atoms with Crippen LogP contribution in [0.2, 0.25) is 0 Å². The summed E-state index contributed by atoms with van der Waals surface area (Å²) in [4.78, 5) is 25.9. The molecule has 0 radical (unpaired) electrons. The summed E-state index contributed by atoms with van der Waals surface area (Å²) in [5.74, 6) is -0.397. The fourth-order valence-corrected chi connectivity index (χ4v) is 2.45. The van der Waals surface area contributed by atoms with Gasteiger partial charge in [-0.1, -0.05) is 11.4 Å². The average Bonchev–Trinajstić information content (AvgIpc) is 2.96. The summed E-state index contributed by atoms with van der Waals surface area (Å²) in [6, 6.07) is 0. The Balaban J connectivity index is 2.13. The van der Waals surface area contributed by atoms with Crippen molar-refractivity contribution < 1.29 is 9.72 Å². The van der Waals surface area contributed by atoms with Crippen molar-refractivity contribution in [2.24, 2.45) is 0 Å². The first-order chi connectivity index (χ1) is 8.61. The van der Waals surface area contributed by atoms with Crippen LogP contribution in [0.25, 0.3) is 0 Å². The van der Waals surface area contributed by atoms with Crippen LogP contribution in [-0.2, 0) is 6.42 Å². The van der Waals surface area contributed by atoms with Crippen LogP contribution in [0.15, 0.2) is 6.20 Å². The van der Waals surface area contributed by atoms with Crippen molar-refractivity contribution in [1.29, 1.82) is 0 Å². The minimum absolute atomic E-state index is 0.122. The lowest BCUT2D eigenvalue weighted by molar-refractivity contribution is -0.380. The normalized spacial score (nSPS) is 10.3. The Morgan fingerprint density at radius 2 is 2.39 bits per heavy atom. The first-order valence-electron chi connectivity index (χ1n) is 4.84. The summed E-state index contributed by atoms with van der Waals surface area (Å²) in [7, 11) is 0. The highest BCUT2D eigenvalue weighted by atomic mass is 32.1. The molecule has 0 aliphatic heterocycles. The molecule has 94 valence electrons. The van der Waals surface area contributed by atoms with E-state index in [0.29, 0.717) is 17.0 Å². The van der Waals surface area contributed by atoms with E-state index in [1.54, 1.807) is 0 Å². The van der Waals surface area contributed by atoms with Crippen LogP contribution in [0.1, 0.15) is 22.3 Å². The van der Waals surface area contributed by atoms with E-state index < -0.39 is 10.8 Å². The van der Waals surface area contributed by atoms with E-state index in [1.807, 2.05) is 6.92 Å². The van der Waals surface area contributed by atoms with Crippen LogP contribution >= 0.6 is 22.9 Å². The number of aromatic nitrogens is 3. The number of amides is 1. The van der Waals surface area contributed by atoms with Gasteiger partial charge < -0.3 is 0 Å². The second-order valence-corrected chi connectivity index (χ2v) is 4.88. The second kappa shape index (κ2) is 5.14. The Morgan fingerprint density at radius 3 is 3.00 bits per heavy atom. The number of hydrogen-bond acceptors (Lipinski definition) is 8. The number of carbonyl (C=O) groups is 1. The lowest BCUT2D eigenvalue weighted by Crippen LogP contribution is -2.11. The molecular formula is C8H7N5O3S2. The standard InChI is InChI=1S/C8H7N5O3S2/c1-2-4-6(18-12-11-4)7(14)10-8-9-3-5(17-8)13(15)16/h3H,2H2,1H3,(H,9,10,14). The van der Waals surface area contributed by atoms with Crippen molar-refractivity contribution in [2.75, 3.05) is 5.32 Å². The number of nitrogens with zero attached hydrogens (tertiary/aromatic N) is 4. The van der Waals surface area contributed by atoms with Gasteiger partial charge in [0.05, 0.1) is 10.6 Å². The molecule has 0 unspecified atom stereocenters. The maximum Gasteiger partial charge on any atom is 0.345 e. The zero-order valence-electron chi connectivity index (χ0n) is 9.11. The van der Waals surface area contributed by atoms with E-state index in [2.05, 4.69) is 19.9 Å². The van der Waals surface area contributed by atoms with Gasteiger partial charge in [-0.25, -0.2) is 4.98 Å². The summed E-state index contributed by atoms with van der Waals surface area (Å²) in [5.41, 5.74) is 0.601. The molecule has 0 fully saturated rings. The summed E-state index contributed by atoms with van der Waals surface area (Å²) in [6.07, 6.45) is 1.70. The number of nitro groups is 1. The summed E-state index contributed by atoms with van der Waals surface area (Å²) >= 11 is 1.79. The Labute approximate surface area is 109 Å². The fraction of sp³-hybridized carbons (Fsp3) is 0.250. The van der Waals surface area contributed by atoms with Crippen molar-refractivity contribution in [3.05, 3.63) is 26.9 Å². The van der Waals surface area contributed by atoms with Crippen molar-refractivity contribution >= 4 is 38.9 Å². The van der Waals surface area contributed by atoms with Gasteiger partial charge in [0.15, 0.2) is 5.13 Å². The Kier molecular flexibility index (Phi) is 3.58. The third-order valence-corrected chi connectivity index (χ3v) is 3.62. The van der Waals surface area contributed by atoms with Crippen molar-refractivity contribution in [3.8, 4) is 0 Å². The molecule has 0 aromatic carbocycles. The van der Waals surface area contributed by atoms with Gasteiger partial charge in [-0.15, -0.1) is 5.10 Å². The van der Waals surface area contributed by atoms with Crippen LogP contribution in [0.5, 0.6) is 0 Å². The molecule has 2 aromatic rings. The molecule has 0 aliphatic carbocycles. The van der Waals surface area contributed by atoms with Gasteiger partial charge >= 0.3 is 5.00 Å². The predicted octanol–water partition coefficient (Wildman–Crippen LogP) is 1.72. The monoisotopic (exact) mass is 285 g/mol. The van der Waals surface area contributed by atoms with Crippen LogP contribution in [-0.4, -0.2) is 25.4 Å². The molecule has 0 spiro atoms. The van der Waals surface area contributed by atoms with Gasteiger partial charge in [-0.2, -0.15) is 0 Å². The van der Waals surface area contributed by atoms with Gasteiger partial charge in [0.2, 0.25) is 0 Å². The highest BCUT2D eigenvalue weighted by molar-refractivity contribution is 7.19. The largest absolute Gasteiger partial charge is 0.345 e. The third-order valence-electron chi connectivity index (χ3n) is 1.99. The van der Waals surface area contributed by atoms with Crippen LogP contribution in [0, 0.1) is 10.1 Å². The Morgan fingerprint density at radius 1 is 1.61 bits per heavy atom. The zero-order valence-corrected chi connectivity index (χ0v) is 10.7. The Bertz CT molecular complexity index is 593. The van der Waals surface area contributed by atoms with E-state index in [-0.39, 0.29) is 10.1 Å². The first-order valence-corrected chi connectivity index (χ1v) is 6.43. The number of hydrogen-bond donors (Lipinski definition) is 1. The SMILES string of the molecule is CCc1nnsc1C(=O)Nc1ncc([N+](=O)[O-])s1. The lowest BCUT2D eigenvalue weighted by Gasteiger charge is -1.98. The number of rotatable bonds is 4. The van der Waals surface area contributed by atoms with E-state index >= 15 is 0 Å². The van der Waals surface area contributed by atoms with Gasteiger partial charge in [-0.3, -0.25) is 20.2 Å². The molecule has 10 heteroatoms. The summed E-state index contributed by atoms with van der Waals surface area (Å²) in [5, 5.41) is 16.8. The van der Waals surface area contributed by atoms with E-state index in [0.717, 1.165) is 29.1 Å². The molecule has 0 atom stereocenters. The highest BCUT2D eigenvalue weighted by Crippen LogP contribution is 2.25. The topological polar surface area (TPSA) is 111 Å². The van der Waals surface area contributed by atoms with Crippen LogP contribution < -0.4 is 5.32 Å². The highest BCUT2D eigenvalue weighted by Gasteiger charge is 2.18. The number of anilines is 1. The minimum Gasteiger partial charge on any atom is -0.297 e. The van der Waals surface area contributed by atoms with Gasteiger partial charge in [-0.05, 0) is 29.3 Å². The fourth-order valence-electron chi connectivity index (χ4n) is 1.17. The molecule has 2 aromatic heterocycles. The maximum absolute atomic E-state index is 11.9. The molecule has 0 saturated heterocycles. The van der Waals surface area contributed by atoms with E-state index in [9.17, 15) is 14.9 Å². The average molecular weight is 285 g/mol. The number of thiazole rings is 1. The van der Waals surface area contributed by atoms with Crippen LogP contribution in [0.3, 0.4) is 0 Å². The van der Waals surface area contributed by atoms with Gasteiger partial charge in [0, 0.05) is 0 Å². The smallest absolute Gasteiger partial charge is 0.297 e. The van der Waals surface area contributed by atoms with Gasteiger partial charge in [0.1, 0.15) is 11.1 Å². The third kappa shape index (κ3) is 2.49. The summed E-state index contributed by atoms with van der Waals surface area (Å²) < 4.78 is 3.69. The molecule has 0 saturated carbocycles. The van der Waals surface area contributed by atoms with E-state index in [4.69, 9.17) is 0 Å². The Hall–Kier alpha value is -1.94. The molecule has 1 N–H and O–H groups in total. The molecule has 2 heterocycles. The number of aryl methyl sites for hydroxylation is 1. The minimum atomic E-state index is -0.556. The van der Waals surface area contributed by atoms with Crippen molar-refractivity contribution in [3.63, 3.8) is 0 Å². The molecule has 8 nitrogen and oxygen atoms in total. The first kappa shape index (κ1) is 12.5.